The molecule has 0 aromatic rings. The van der Waals surface area contributed by atoms with Gasteiger partial charge in [-0.2, -0.15) is 0 Å². The van der Waals surface area contributed by atoms with Crippen LogP contribution in [-0.2, 0) is 0 Å². The molecule has 0 aromatic heterocycles. The average Bonchev–Trinajstić information content (AvgIpc) is 1.16. The van der Waals surface area contributed by atoms with E-state index in [-0.39, 0.29) is 4.86 Å². The van der Waals surface area contributed by atoms with Gasteiger partial charge in [0.05, 0.1) is 0 Å². The molecule has 0 bridgehead atoms. The minimum atomic E-state index is -8.14. The number of rotatable bonds is 2. The van der Waals surface area contributed by atoms with Gasteiger partial charge in [0.25, 0.3) is 0 Å². The zero-order chi connectivity index (χ0) is 7.73. The summed E-state index contributed by atoms with van der Waals surface area (Å²) in [5, 5.41) is 0. The summed E-state index contributed by atoms with van der Waals surface area (Å²) >= 11 is 0. The molecule has 0 radical (unpaired) electrons. The SMILES string of the molecule is FP(F)NP(F)(F)(F)F. The molecule has 0 unspecified atom stereocenters. The second-order valence-electron chi connectivity index (χ2n) is 1.05. The van der Waals surface area contributed by atoms with E-state index < -0.39 is 16.7 Å². The van der Waals surface area contributed by atoms with Crippen LogP contribution in [-0.4, -0.2) is 0 Å². The first-order valence-electron chi connectivity index (χ1n) is 1.46. The van der Waals surface area contributed by atoms with Gasteiger partial charge >= 0.3 is 46.7 Å². The van der Waals surface area contributed by atoms with E-state index in [9.17, 15) is 25.2 Å². The zero-order valence-corrected chi connectivity index (χ0v) is 5.45. The molecule has 0 rings (SSSR count). The summed E-state index contributed by atoms with van der Waals surface area (Å²) in [6.07, 6.45) is 0. The normalized spacial score (nSPS) is 17.4. The third-order valence-corrected chi connectivity index (χ3v) is 2.04. The molecule has 1 nitrogen and oxygen atoms in total. The molecule has 58 valence electrons. The van der Waals surface area contributed by atoms with Crippen molar-refractivity contribution in [2.45, 2.75) is 0 Å². The number of nitrogens with one attached hydrogen (secondary N) is 1. The fourth-order valence-electron chi connectivity index (χ4n) is 0.114. The topological polar surface area (TPSA) is 12.0 Å². The van der Waals surface area contributed by atoms with E-state index in [0.29, 0.717) is 0 Å². The molecule has 0 fully saturated rings. The fourth-order valence-corrected chi connectivity index (χ4v) is 1.03. The molecule has 0 aliphatic carbocycles. The molecule has 0 heterocycles. The van der Waals surface area contributed by atoms with Crippen LogP contribution in [0.1, 0.15) is 0 Å². The van der Waals surface area contributed by atoms with Gasteiger partial charge in [-0.3, -0.25) is 0 Å². The first-order chi connectivity index (χ1) is 3.67. The number of hydrogen-bond donors (Lipinski definition) is 1. The van der Waals surface area contributed by atoms with Crippen molar-refractivity contribution in [3.63, 3.8) is 0 Å². The zero-order valence-electron chi connectivity index (χ0n) is 3.66. The molecule has 0 spiro atoms. The predicted octanol–water partition coefficient (Wildman–Crippen LogP) is 3.75. The number of hydrogen-bond acceptors (Lipinski definition) is 1. The van der Waals surface area contributed by atoms with Gasteiger partial charge in [-0.05, 0) is 0 Å². The van der Waals surface area contributed by atoms with E-state index in [0.717, 1.165) is 0 Å². The Balaban J connectivity index is 3.89. The van der Waals surface area contributed by atoms with E-state index in [4.69, 9.17) is 0 Å². The van der Waals surface area contributed by atoms with Crippen molar-refractivity contribution >= 4 is 16.7 Å². The molecule has 0 aliphatic rings. The summed E-state index contributed by atoms with van der Waals surface area (Å²) < 4.78 is 65.1. The van der Waals surface area contributed by atoms with Crippen molar-refractivity contribution in [2.75, 3.05) is 0 Å². The molecule has 0 aromatic carbocycles. The van der Waals surface area contributed by atoms with Crippen molar-refractivity contribution in [3.8, 4) is 0 Å². The van der Waals surface area contributed by atoms with Crippen LogP contribution in [0.15, 0.2) is 0 Å². The van der Waals surface area contributed by atoms with E-state index in [2.05, 4.69) is 0 Å². The van der Waals surface area contributed by atoms with Crippen LogP contribution in [0.4, 0.5) is 25.2 Å². The summed E-state index contributed by atoms with van der Waals surface area (Å²) in [5.41, 5.74) is 0. The van der Waals surface area contributed by atoms with Crippen LogP contribution in [0.25, 0.3) is 0 Å². The molecule has 9 heavy (non-hydrogen) atoms. The third-order valence-electron chi connectivity index (χ3n) is 0.227. The summed E-state index contributed by atoms with van der Waals surface area (Å²) in [6, 6.07) is 0. The van der Waals surface area contributed by atoms with Crippen LogP contribution in [0.2, 0.25) is 0 Å². The van der Waals surface area contributed by atoms with Gasteiger partial charge in [0.2, 0.25) is 0 Å². The van der Waals surface area contributed by atoms with Crippen LogP contribution in [0.3, 0.4) is 0 Å². The van der Waals surface area contributed by atoms with Crippen molar-refractivity contribution in [1.82, 2.24) is 4.86 Å². The molecule has 0 saturated heterocycles. The molecule has 9 heteroatoms. The second kappa shape index (κ2) is 2.22. The third kappa shape index (κ3) is 8.40. The Morgan fingerprint density at radius 3 is 1.33 bits per heavy atom. The van der Waals surface area contributed by atoms with Crippen molar-refractivity contribution in [2.24, 2.45) is 0 Å². The Morgan fingerprint density at radius 2 is 1.33 bits per heavy atom. The van der Waals surface area contributed by atoms with E-state index in [1.54, 1.807) is 0 Å². The van der Waals surface area contributed by atoms with Crippen LogP contribution in [0, 0.1) is 0 Å². The maximum absolute atomic E-state index is 10.9. The Kier molecular flexibility index (Phi) is 2.32. The van der Waals surface area contributed by atoms with Crippen molar-refractivity contribution < 1.29 is 25.2 Å². The van der Waals surface area contributed by atoms with Crippen LogP contribution < -0.4 is 4.86 Å². The number of halogens is 6. The van der Waals surface area contributed by atoms with Gasteiger partial charge in [-0.25, -0.2) is 0 Å². The van der Waals surface area contributed by atoms with E-state index >= 15 is 0 Å². The van der Waals surface area contributed by atoms with Gasteiger partial charge < -0.3 is 0 Å². The Labute approximate surface area is 47.9 Å². The van der Waals surface area contributed by atoms with Crippen molar-refractivity contribution in [1.29, 1.82) is 0 Å². The molecular formula is HF6NP2. The van der Waals surface area contributed by atoms with Gasteiger partial charge in [0.15, 0.2) is 0 Å². The van der Waals surface area contributed by atoms with Crippen molar-refractivity contribution in [3.05, 3.63) is 0 Å². The summed E-state index contributed by atoms with van der Waals surface area (Å²) in [4.78, 5) is -0.346. The Hall–Kier alpha value is 0.400. The summed E-state index contributed by atoms with van der Waals surface area (Å²) in [5.74, 6) is 0. The Bertz CT molecular complexity index is 92.1. The summed E-state index contributed by atoms with van der Waals surface area (Å²) in [7, 11) is -12.6. The van der Waals surface area contributed by atoms with Crippen LogP contribution >= 0.6 is 16.7 Å². The summed E-state index contributed by atoms with van der Waals surface area (Å²) in [6.45, 7) is 0. The molecule has 0 atom stereocenters. The van der Waals surface area contributed by atoms with Crippen LogP contribution in [0.5, 0.6) is 0 Å². The van der Waals surface area contributed by atoms with Gasteiger partial charge in [0.1, 0.15) is 0 Å². The maximum atomic E-state index is 10.9. The molecule has 0 saturated carbocycles. The fraction of sp³-hybridized carbons (Fsp3) is 0. The molecule has 0 amide bonds. The van der Waals surface area contributed by atoms with E-state index in [1.165, 1.54) is 0 Å². The molecule has 1 N–H and O–H groups in total. The monoisotopic (exact) mass is 191 g/mol. The molecule has 0 aliphatic heterocycles. The van der Waals surface area contributed by atoms with Gasteiger partial charge in [0, 0.05) is 0 Å². The second-order valence-corrected chi connectivity index (χ2v) is 3.76. The standard InChI is InChI=1S/F6HNP2/c1-8(2)7-9(3,4,5)6/h7H. The quantitative estimate of drug-likeness (QED) is 0.517. The Morgan fingerprint density at radius 1 is 1.00 bits per heavy atom. The first kappa shape index (κ1) is 9.40. The average molecular weight is 191 g/mol. The van der Waals surface area contributed by atoms with Gasteiger partial charge in [-0.15, -0.1) is 0 Å². The van der Waals surface area contributed by atoms with E-state index in [1.807, 2.05) is 0 Å². The first-order valence-corrected chi connectivity index (χ1v) is 4.38. The minimum absolute atomic E-state index is 0.346. The van der Waals surface area contributed by atoms with Gasteiger partial charge in [-0.1, -0.05) is 0 Å². The predicted molar refractivity (Wildman–Crippen MR) is 23.6 cm³/mol. The molecular weight excluding hydrogens is 190 g/mol.